The van der Waals surface area contributed by atoms with Crippen LogP contribution in [0.3, 0.4) is 0 Å². The average molecular weight is 350 g/mol. The van der Waals surface area contributed by atoms with E-state index in [0.29, 0.717) is 11.4 Å². The van der Waals surface area contributed by atoms with Crippen molar-refractivity contribution < 1.29 is 17.6 Å². The van der Waals surface area contributed by atoms with Gasteiger partial charge >= 0.3 is 0 Å². The van der Waals surface area contributed by atoms with Crippen molar-refractivity contribution in [2.75, 3.05) is 5.32 Å². The molecule has 0 fully saturated rings. The summed E-state index contributed by atoms with van der Waals surface area (Å²) in [7, 11) is -3.63. The summed E-state index contributed by atoms with van der Waals surface area (Å²) in [6.07, 6.45) is 0. The van der Waals surface area contributed by atoms with Crippen molar-refractivity contribution >= 4 is 21.6 Å². The number of carbonyl (C=O) groups is 1. The number of aryl methyl sites for hydroxylation is 2. The molecule has 0 aliphatic rings. The fourth-order valence-corrected chi connectivity index (χ4v) is 3.13. The van der Waals surface area contributed by atoms with Crippen LogP contribution in [0.2, 0.25) is 0 Å². The van der Waals surface area contributed by atoms with E-state index in [1.807, 2.05) is 13.0 Å². The summed E-state index contributed by atoms with van der Waals surface area (Å²) >= 11 is 0. The Morgan fingerprint density at radius 1 is 1.17 bits per heavy atom. The largest absolute Gasteiger partial charge is 0.466 e. The molecule has 0 bridgehead atoms. The third kappa shape index (κ3) is 4.46. The highest BCUT2D eigenvalue weighted by atomic mass is 32.2. The highest BCUT2D eigenvalue weighted by Gasteiger charge is 2.16. The SMILES string of the molecule is Cc1cc(CNS(=O)(=O)c2ccc(NC(=O)C(C)C)cc2)c(C)o1. The molecule has 0 atom stereocenters. The van der Waals surface area contributed by atoms with E-state index in [2.05, 4.69) is 10.0 Å². The zero-order chi connectivity index (χ0) is 17.9. The molecule has 0 saturated carbocycles. The van der Waals surface area contributed by atoms with Gasteiger partial charge in [-0.05, 0) is 44.2 Å². The number of anilines is 1. The number of hydrogen-bond donors (Lipinski definition) is 2. The van der Waals surface area contributed by atoms with E-state index in [4.69, 9.17) is 4.42 Å². The quantitative estimate of drug-likeness (QED) is 0.838. The Hall–Kier alpha value is -2.12. The first-order chi connectivity index (χ1) is 11.2. The summed E-state index contributed by atoms with van der Waals surface area (Å²) in [5.74, 6) is 1.18. The second kappa shape index (κ2) is 7.19. The molecule has 1 aromatic carbocycles. The normalized spacial score (nSPS) is 11.7. The number of amides is 1. The third-order valence-electron chi connectivity index (χ3n) is 3.55. The van der Waals surface area contributed by atoms with Crippen LogP contribution in [0.5, 0.6) is 0 Å². The molecule has 0 radical (unpaired) electrons. The average Bonchev–Trinajstić information content (AvgIpc) is 2.83. The maximum atomic E-state index is 12.3. The van der Waals surface area contributed by atoms with Crippen LogP contribution in [0.1, 0.15) is 30.9 Å². The number of furan rings is 1. The van der Waals surface area contributed by atoms with E-state index in [0.717, 1.165) is 11.3 Å². The van der Waals surface area contributed by atoms with Crippen molar-refractivity contribution in [3.05, 3.63) is 47.4 Å². The number of carbonyl (C=O) groups excluding carboxylic acids is 1. The molecule has 24 heavy (non-hydrogen) atoms. The smallest absolute Gasteiger partial charge is 0.240 e. The number of nitrogens with one attached hydrogen (secondary N) is 2. The van der Waals surface area contributed by atoms with Gasteiger partial charge in [0.1, 0.15) is 11.5 Å². The molecule has 0 aliphatic heterocycles. The topological polar surface area (TPSA) is 88.4 Å². The van der Waals surface area contributed by atoms with Gasteiger partial charge in [-0.1, -0.05) is 13.8 Å². The lowest BCUT2D eigenvalue weighted by atomic mass is 10.2. The second-order valence-corrected chi connectivity index (χ2v) is 7.70. The molecule has 0 saturated heterocycles. The molecule has 2 N–H and O–H groups in total. The van der Waals surface area contributed by atoms with E-state index in [1.165, 1.54) is 12.1 Å². The van der Waals surface area contributed by atoms with Crippen LogP contribution in [0, 0.1) is 19.8 Å². The van der Waals surface area contributed by atoms with Gasteiger partial charge in [-0.15, -0.1) is 0 Å². The summed E-state index contributed by atoms with van der Waals surface area (Å²) in [5.41, 5.74) is 1.37. The van der Waals surface area contributed by atoms with E-state index in [9.17, 15) is 13.2 Å². The Morgan fingerprint density at radius 2 is 1.79 bits per heavy atom. The summed E-state index contributed by atoms with van der Waals surface area (Å²) in [6.45, 7) is 7.35. The number of hydrogen-bond acceptors (Lipinski definition) is 4. The summed E-state index contributed by atoms with van der Waals surface area (Å²) in [6, 6.07) is 7.88. The number of sulfonamides is 1. The van der Waals surface area contributed by atoms with Gasteiger partial charge in [-0.25, -0.2) is 13.1 Å². The van der Waals surface area contributed by atoms with Crippen molar-refractivity contribution in [3.8, 4) is 0 Å². The highest BCUT2D eigenvalue weighted by Crippen LogP contribution is 2.17. The van der Waals surface area contributed by atoms with E-state index < -0.39 is 10.0 Å². The zero-order valence-corrected chi connectivity index (χ0v) is 15.0. The fraction of sp³-hybridized carbons (Fsp3) is 0.353. The van der Waals surface area contributed by atoms with Gasteiger partial charge in [0, 0.05) is 23.7 Å². The molecule has 1 aromatic heterocycles. The minimum absolute atomic E-state index is 0.116. The molecule has 2 aromatic rings. The van der Waals surface area contributed by atoms with Crippen LogP contribution >= 0.6 is 0 Å². The van der Waals surface area contributed by atoms with Crippen molar-refractivity contribution in [1.29, 1.82) is 0 Å². The van der Waals surface area contributed by atoms with Gasteiger partial charge < -0.3 is 9.73 Å². The first-order valence-corrected chi connectivity index (χ1v) is 9.14. The Balaban J connectivity index is 2.06. The molecule has 0 spiro atoms. The lowest BCUT2D eigenvalue weighted by Gasteiger charge is -2.09. The molecule has 0 unspecified atom stereocenters. The predicted molar refractivity (Wildman–Crippen MR) is 92.1 cm³/mol. The van der Waals surface area contributed by atoms with Gasteiger partial charge in [0.25, 0.3) is 0 Å². The minimum Gasteiger partial charge on any atom is -0.466 e. The van der Waals surface area contributed by atoms with Crippen molar-refractivity contribution in [2.24, 2.45) is 5.92 Å². The second-order valence-electron chi connectivity index (χ2n) is 5.93. The fourth-order valence-electron chi connectivity index (χ4n) is 2.12. The van der Waals surface area contributed by atoms with Gasteiger partial charge in [0.15, 0.2) is 0 Å². The van der Waals surface area contributed by atoms with Crippen molar-refractivity contribution in [3.63, 3.8) is 0 Å². The maximum Gasteiger partial charge on any atom is 0.240 e. The first kappa shape index (κ1) is 18.2. The monoisotopic (exact) mass is 350 g/mol. The summed E-state index contributed by atoms with van der Waals surface area (Å²) in [4.78, 5) is 11.8. The van der Waals surface area contributed by atoms with Crippen LogP contribution in [0.4, 0.5) is 5.69 Å². The Bertz CT molecular complexity index is 821. The van der Waals surface area contributed by atoms with Gasteiger partial charge in [-0.3, -0.25) is 4.79 Å². The standard InChI is InChI=1S/C17H22N2O4S/c1-11(2)17(20)19-15-5-7-16(8-6-15)24(21,22)18-10-14-9-12(3)23-13(14)4/h5-9,11,18H,10H2,1-4H3,(H,19,20). The Kier molecular flexibility index (Phi) is 5.46. The van der Waals surface area contributed by atoms with Crippen molar-refractivity contribution in [1.82, 2.24) is 4.72 Å². The highest BCUT2D eigenvalue weighted by molar-refractivity contribution is 7.89. The zero-order valence-electron chi connectivity index (χ0n) is 14.2. The number of benzene rings is 1. The molecular weight excluding hydrogens is 328 g/mol. The van der Waals surface area contributed by atoms with Gasteiger partial charge in [0.05, 0.1) is 4.90 Å². The van der Waals surface area contributed by atoms with Crippen LogP contribution in [-0.2, 0) is 21.4 Å². The van der Waals surface area contributed by atoms with E-state index >= 15 is 0 Å². The molecule has 1 amide bonds. The minimum atomic E-state index is -3.63. The van der Waals surface area contributed by atoms with Crippen LogP contribution in [0.25, 0.3) is 0 Å². The molecule has 7 heteroatoms. The van der Waals surface area contributed by atoms with Crippen molar-refractivity contribution in [2.45, 2.75) is 39.1 Å². The lowest BCUT2D eigenvalue weighted by molar-refractivity contribution is -0.118. The van der Waals surface area contributed by atoms with Gasteiger partial charge in [-0.2, -0.15) is 0 Å². The van der Waals surface area contributed by atoms with Crippen LogP contribution < -0.4 is 10.0 Å². The number of rotatable bonds is 6. The summed E-state index contributed by atoms with van der Waals surface area (Å²) < 4.78 is 32.6. The summed E-state index contributed by atoms with van der Waals surface area (Å²) in [5, 5.41) is 2.72. The first-order valence-electron chi connectivity index (χ1n) is 7.65. The Morgan fingerprint density at radius 3 is 2.29 bits per heavy atom. The molecular formula is C17H22N2O4S. The molecule has 6 nitrogen and oxygen atoms in total. The predicted octanol–water partition coefficient (Wildman–Crippen LogP) is 2.97. The van der Waals surface area contributed by atoms with Crippen LogP contribution in [0.15, 0.2) is 39.6 Å². The molecule has 2 rings (SSSR count). The maximum absolute atomic E-state index is 12.3. The lowest BCUT2D eigenvalue weighted by Crippen LogP contribution is -2.23. The third-order valence-corrected chi connectivity index (χ3v) is 4.97. The van der Waals surface area contributed by atoms with Crippen LogP contribution in [-0.4, -0.2) is 14.3 Å². The molecule has 130 valence electrons. The molecule has 0 aliphatic carbocycles. The van der Waals surface area contributed by atoms with Gasteiger partial charge in [0.2, 0.25) is 15.9 Å². The van der Waals surface area contributed by atoms with E-state index in [1.54, 1.807) is 32.9 Å². The Labute approximate surface area is 142 Å². The van der Waals surface area contributed by atoms with E-state index in [-0.39, 0.29) is 23.3 Å². The molecule has 1 heterocycles.